The molecule has 1 fully saturated rings. The van der Waals surface area contributed by atoms with Crippen molar-refractivity contribution in [2.75, 3.05) is 46.4 Å². The Hall–Kier alpha value is -3.12. The zero-order chi connectivity index (χ0) is 21.3. The molecule has 6 heteroatoms. The van der Waals surface area contributed by atoms with Crippen molar-refractivity contribution >= 4 is 17.8 Å². The molecule has 30 heavy (non-hydrogen) atoms. The fraction of sp³-hybridized carbons (Fsp3) is 0.333. The smallest absolute Gasteiger partial charge is 0.260 e. The maximum Gasteiger partial charge on any atom is 0.260 e. The van der Waals surface area contributed by atoms with Crippen LogP contribution in [-0.4, -0.2) is 67.9 Å². The summed E-state index contributed by atoms with van der Waals surface area (Å²) in [6.07, 6.45) is 4.28. The van der Waals surface area contributed by atoms with Gasteiger partial charge < -0.3 is 14.4 Å². The van der Waals surface area contributed by atoms with Crippen molar-refractivity contribution in [3.63, 3.8) is 0 Å². The summed E-state index contributed by atoms with van der Waals surface area (Å²) in [7, 11) is 1.51. The van der Waals surface area contributed by atoms with Crippen LogP contribution in [0.5, 0.6) is 11.5 Å². The van der Waals surface area contributed by atoms with E-state index >= 15 is 0 Å². The normalized spacial score (nSPS) is 14.7. The molecule has 2 aromatic rings. The quantitative estimate of drug-likeness (QED) is 0.628. The molecule has 1 heterocycles. The average Bonchev–Trinajstić information content (AvgIpc) is 2.78. The lowest BCUT2D eigenvalue weighted by Crippen LogP contribution is -2.49. The van der Waals surface area contributed by atoms with Crippen molar-refractivity contribution in [1.82, 2.24) is 9.80 Å². The fourth-order valence-corrected chi connectivity index (χ4v) is 3.32. The Bertz CT molecular complexity index is 887. The van der Waals surface area contributed by atoms with E-state index in [1.807, 2.05) is 23.1 Å². The molecule has 0 aromatic heterocycles. The summed E-state index contributed by atoms with van der Waals surface area (Å²) < 4.78 is 10.9. The van der Waals surface area contributed by atoms with Gasteiger partial charge in [0.2, 0.25) is 0 Å². The van der Waals surface area contributed by atoms with Crippen LogP contribution in [0.15, 0.2) is 54.6 Å². The Morgan fingerprint density at radius 2 is 1.73 bits per heavy atom. The van der Waals surface area contributed by atoms with Gasteiger partial charge in [0.05, 0.1) is 7.11 Å². The molecular formula is C24H28N2O4. The van der Waals surface area contributed by atoms with Crippen LogP contribution in [0, 0.1) is 0 Å². The number of benzene rings is 2. The van der Waals surface area contributed by atoms with Crippen molar-refractivity contribution < 1.29 is 19.1 Å². The number of ether oxygens (including phenoxy) is 2. The highest BCUT2D eigenvalue weighted by Gasteiger charge is 2.21. The van der Waals surface area contributed by atoms with Gasteiger partial charge in [-0.1, -0.05) is 42.5 Å². The average molecular weight is 408 g/mol. The van der Waals surface area contributed by atoms with E-state index in [-0.39, 0.29) is 18.3 Å². The van der Waals surface area contributed by atoms with Crippen LogP contribution in [-0.2, 0) is 4.79 Å². The molecule has 0 saturated carbocycles. The Morgan fingerprint density at radius 1 is 1.00 bits per heavy atom. The highest BCUT2D eigenvalue weighted by Crippen LogP contribution is 2.28. The van der Waals surface area contributed by atoms with Gasteiger partial charge in [-0.05, 0) is 30.7 Å². The van der Waals surface area contributed by atoms with E-state index in [0.29, 0.717) is 30.2 Å². The molecule has 0 spiro atoms. The van der Waals surface area contributed by atoms with Crippen molar-refractivity contribution in [2.24, 2.45) is 0 Å². The van der Waals surface area contributed by atoms with Crippen LogP contribution >= 0.6 is 0 Å². The molecule has 3 rings (SSSR count). The van der Waals surface area contributed by atoms with Crippen molar-refractivity contribution in [1.29, 1.82) is 0 Å². The summed E-state index contributed by atoms with van der Waals surface area (Å²) in [5.41, 5.74) is 1.73. The molecular weight excluding hydrogens is 380 g/mol. The van der Waals surface area contributed by atoms with Crippen molar-refractivity contribution in [3.05, 3.63) is 65.7 Å². The fourth-order valence-electron chi connectivity index (χ4n) is 3.32. The Balaban J connectivity index is 1.44. The minimum Gasteiger partial charge on any atom is -0.493 e. The van der Waals surface area contributed by atoms with Gasteiger partial charge in [-0.15, -0.1) is 0 Å². The molecule has 0 unspecified atom stereocenters. The summed E-state index contributed by atoms with van der Waals surface area (Å²) in [5, 5.41) is 0. The molecule has 1 saturated heterocycles. The third kappa shape index (κ3) is 5.94. The molecule has 0 radical (unpaired) electrons. The number of hydrogen-bond acceptors (Lipinski definition) is 5. The first-order valence-electron chi connectivity index (χ1n) is 10.1. The molecule has 1 aliphatic rings. The minimum absolute atomic E-state index is 0.0487. The largest absolute Gasteiger partial charge is 0.493 e. The second-order valence-electron chi connectivity index (χ2n) is 7.20. The highest BCUT2D eigenvalue weighted by molar-refractivity contribution is 5.94. The first-order chi connectivity index (χ1) is 14.6. The van der Waals surface area contributed by atoms with E-state index in [2.05, 4.69) is 29.2 Å². The van der Waals surface area contributed by atoms with Gasteiger partial charge in [0, 0.05) is 38.3 Å². The molecule has 1 amide bonds. The molecule has 6 nitrogen and oxygen atoms in total. The lowest BCUT2D eigenvalue weighted by atomic mass is 10.1. The number of amides is 1. The topological polar surface area (TPSA) is 59.1 Å². The van der Waals surface area contributed by atoms with Gasteiger partial charge in [0.25, 0.3) is 5.91 Å². The van der Waals surface area contributed by atoms with Crippen LogP contribution in [0.3, 0.4) is 0 Å². The van der Waals surface area contributed by atoms with Crippen LogP contribution in [0.4, 0.5) is 0 Å². The van der Waals surface area contributed by atoms with E-state index in [0.717, 1.165) is 19.6 Å². The maximum atomic E-state index is 12.5. The molecule has 0 aliphatic carbocycles. The van der Waals surface area contributed by atoms with Gasteiger partial charge in [0.15, 0.2) is 23.9 Å². The van der Waals surface area contributed by atoms with Crippen LogP contribution < -0.4 is 9.47 Å². The van der Waals surface area contributed by atoms with E-state index in [9.17, 15) is 9.59 Å². The lowest BCUT2D eigenvalue weighted by molar-refractivity contribution is -0.135. The highest BCUT2D eigenvalue weighted by atomic mass is 16.5. The number of rotatable bonds is 8. The molecule has 158 valence electrons. The number of hydrogen-bond donors (Lipinski definition) is 0. The third-order valence-electron chi connectivity index (χ3n) is 5.12. The first-order valence-corrected chi connectivity index (χ1v) is 10.1. The molecule has 0 bridgehead atoms. The summed E-state index contributed by atoms with van der Waals surface area (Å²) in [6, 6.07) is 15.2. The van der Waals surface area contributed by atoms with Gasteiger partial charge >= 0.3 is 0 Å². The number of Topliss-reactive ketones (excluding diaryl/α,β-unsaturated/α-hetero) is 1. The van der Waals surface area contributed by atoms with E-state index in [1.165, 1.54) is 19.6 Å². The number of carbonyl (C=O) groups is 2. The third-order valence-corrected chi connectivity index (χ3v) is 5.12. The summed E-state index contributed by atoms with van der Waals surface area (Å²) >= 11 is 0. The van der Waals surface area contributed by atoms with Crippen LogP contribution in [0.25, 0.3) is 6.08 Å². The minimum atomic E-state index is -0.0519. The maximum absolute atomic E-state index is 12.5. The SMILES string of the molecule is COc1cc(C(C)=O)ccc1OCC(=O)N1CCN(C/C=C/c2ccccc2)CC1. The number of ketones is 1. The van der Waals surface area contributed by atoms with Gasteiger partial charge in [-0.2, -0.15) is 0 Å². The predicted octanol–water partition coefficient (Wildman–Crippen LogP) is 3.13. The Kier molecular flexibility index (Phi) is 7.63. The Labute approximate surface area is 177 Å². The van der Waals surface area contributed by atoms with Gasteiger partial charge in [-0.3, -0.25) is 14.5 Å². The van der Waals surface area contributed by atoms with E-state index < -0.39 is 0 Å². The second-order valence-corrected chi connectivity index (χ2v) is 7.20. The van der Waals surface area contributed by atoms with E-state index in [4.69, 9.17) is 9.47 Å². The number of piperazine rings is 1. The Morgan fingerprint density at radius 3 is 2.40 bits per heavy atom. The number of nitrogens with zero attached hydrogens (tertiary/aromatic N) is 2. The second kappa shape index (κ2) is 10.6. The lowest BCUT2D eigenvalue weighted by Gasteiger charge is -2.34. The number of carbonyl (C=O) groups excluding carboxylic acids is 2. The van der Waals surface area contributed by atoms with Crippen LogP contribution in [0.2, 0.25) is 0 Å². The van der Waals surface area contributed by atoms with E-state index in [1.54, 1.807) is 18.2 Å². The molecule has 2 aromatic carbocycles. The molecule has 1 aliphatic heterocycles. The van der Waals surface area contributed by atoms with Crippen molar-refractivity contribution in [2.45, 2.75) is 6.92 Å². The van der Waals surface area contributed by atoms with Crippen LogP contribution in [0.1, 0.15) is 22.8 Å². The zero-order valence-electron chi connectivity index (χ0n) is 17.5. The molecule has 0 atom stereocenters. The predicted molar refractivity (Wildman–Crippen MR) is 117 cm³/mol. The molecule has 0 N–H and O–H groups in total. The zero-order valence-corrected chi connectivity index (χ0v) is 17.5. The van der Waals surface area contributed by atoms with Crippen molar-refractivity contribution in [3.8, 4) is 11.5 Å². The summed E-state index contributed by atoms with van der Waals surface area (Å²) in [5.74, 6) is 0.811. The summed E-state index contributed by atoms with van der Waals surface area (Å²) in [6.45, 7) is 5.35. The first kappa shape index (κ1) is 21.6. The number of methoxy groups -OCH3 is 1. The standard InChI is InChI=1S/C24H28N2O4/c1-19(27)21-10-11-22(23(17-21)29-2)30-18-24(28)26-15-13-25(14-16-26)12-6-9-20-7-4-3-5-8-20/h3-11,17H,12-16,18H2,1-2H3/b9-6+. The summed E-state index contributed by atoms with van der Waals surface area (Å²) in [4.78, 5) is 28.2. The van der Waals surface area contributed by atoms with Gasteiger partial charge in [-0.25, -0.2) is 0 Å². The van der Waals surface area contributed by atoms with Gasteiger partial charge in [0.1, 0.15) is 0 Å². The monoisotopic (exact) mass is 408 g/mol.